The summed E-state index contributed by atoms with van der Waals surface area (Å²) >= 11 is 1.30. The van der Waals surface area contributed by atoms with Crippen molar-refractivity contribution in [3.63, 3.8) is 0 Å². The Kier molecular flexibility index (Phi) is 8.03. The highest BCUT2D eigenvalue weighted by Gasteiger charge is 2.36. The molecule has 5 rings (SSSR count). The van der Waals surface area contributed by atoms with Gasteiger partial charge in [-0.2, -0.15) is 0 Å². The van der Waals surface area contributed by atoms with Gasteiger partial charge in [-0.05, 0) is 36.0 Å². The summed E-state index contributed by atoms with van der Waals surface area (Å²) in [6.45, 7) is 5.69. The molecule has 0 aliphatic heterocycles. The zero-order valence-electron chi connectivity index (χ0n) is 23.3. The van der Waals surface area contributed by atoms with Crippen LogP contribution in [-0.4, -0.2) is 47.2 Å². The maximum Gasteiger partial charge on any atom is 0.306 e. The van der Waals surface area contributed by atoms with Crippen LogP contribution in [0.3, 0.4) is 0 Å². The predicted octanol–water partition coefficient (Wildman–Crippen LogP) is 5.89. The molecule has 10 heteroatoms. The van der Waals surface area contributed by atoms with Gasteiger partial charge in [0.05, 0.1) is 22.2 Å². The molecule has 0 saturated heterocycles. The number of rotatable bonds is 8. The van der Waals surface area contributed by atoms with Gasteiger partial charge in [-0.25, -0.2) is 18.4 Å². The van der Waals surface area contributed by atoms with E-state index in [1.165, 1.54) is 30.6 Å². The quantitative estimate of drug-likeness (QED) is 0.338. The molecule has 2 N–H and O–H groups in total. The first-order valence-corrected chi connectivity index (χ1v) is 16.5. The normalized spacial score (nSPS) is 20.3. The summed E-state index contributed by atoms with van der Waals surface area (Å²) in [7, 11) is -3.63. The summed E-state index contributed by atoms with van der Waals surface area (Å²) in [6.07, 6.45) is 9.10. The lowest BCUT2D eigenvalue weighted by molar-refractivity contribution is -0.145. The van der Waals surface area contributed by atoms with Crippen molar-refractivity contribution >= 4 is 43.8 Å². The Labute approximate surface area is 239 Å². The molecule has 2 aliphatic carbocycles. The molecule has 0 unspecified atom stereocenters. The summed E-state index contributed by atoms with van der Waals surface area (Å²) in [5.41, 5.74) is 1.21. The molecule has 1 aromatic carbocycles. The second-order valence-electron chi connectivity index (χ2n) is 12.5. The van der Waals surface area contributed by atoms with Gasteiger partial charge in [-0.3, -0.25) is 9.59 Å². The van der Waals surface area contributed by atoms with Gasteiger partial charge in [0.25, 0.3) is 5.91 Å². The molecule has 2 heterocycles. The summed E-state index contributed by atoms with van der Waals surface area (Å²) in [5, 5.41) is 13.9. The molecule has 0 spiro atoms. The molecule has 8 nitrogen and oxygen atoms in total. The fourth-order valence-corrected chi connectivity index (χ4v) is 8.90. The Bertz CT molecular complexity index is 1530. The molecule has 40 heavy (non-hydrogen) atoms. The Balaban J connectivity index is 1.53. The highest BCUT2D eigenvalue weighted by Crippen LogP contribution is 2.40. The van der Waals surface area contributed by atoms with Crippen LogP contribution in [0.1, 0.15) is 81.2 Å². The van der Waals surface area contributed by atoms with Crippen LogP contribution in [0.4, 0.5) is 0 Å². The number of sulfone groups is 1. The molecule has 0 bridgehead atoms. The van der Waals surface area contributed by atoms with Crippen molar-refractivity contribution in [2.45, 2.75) is 83.2 Å². The number of carboxylic acid groups (broad SMARTS) is 1. The SMILES string of the molecule is CC(C)(C)CS(=O)(=O)c1ncc(-c2sc(C(=O)NC3CC(C(=O)O)C3)nc2CC2CCCCC2)c2ccccc12. The zero-order chi connectivity index (χ0) is 28.7. The van der Waals surface area contributed by atoms with Gasteiger partial charge < -0.3 is 10.4 Å². The van der Waals surface area contributed by atoms with E-state index in [0.717, 1.165) is 40.8 Å². The minimum atomic E-state index is -3.63. The van der Waals surface area contributed by atoms with Crippen molar-refractivity contribution < 1.29 is 23.1 Å². The van der Waals surface area contributed by atoms with E-state index < -0.39 is 27.1 Å². The molecule has 1 amide bonds. The van der Waals surface area contributed by atoms with Gasteiger partial charge in [0, 0.05) is 23.2 Å². The number of fused-ring (bicyclic) bond motifs is 1. The first-order valence-electron chi connectivity index (χ1n) is 14.1. The van der Waals surface area contributed by atoms with E-state index in [9.17, 15) is 18.0 Å². The number of pyridine rings is 1. The van der Waals surface area contributed by atoms with Crippen LogP contribution in [0.2, 0.25) is 0 Å². The monoisotopic (exact) mass is 583 g/mol. The Morgan fingerprint density at radius 1 is 1.07 bits per heavy atom. The fourth-order valence-electron chi connectivity index (χ4n) is 5.88. The third-order valence-electron chi connectivity index (χ3n) is 7.84. The van der Waals surface area contributed by atoms with Crippen molar-refractivity contribution in [2.75, 3.05) is 5.75 Å². The van der Waals surface area contributed by atoms with Gasteiger partial charge in [0.1, 0.15) is 0 Å². The molecule has 2 aromatic heterocycles. The molecule has 214 valence electrons. The minimum absolute atomic E-state index is 0.0158. The Hall–Kier alpha value is -2.85. The lowest BCUT2D eigenvalue weighted by Gasteiger charge is -2.32. The lowest BCUT2D eigenvalue weighted by atomic mass is 9.80. The standard InChI is InChI=1S/C30H37N3O5S2/c1-30(2,3)17-40(37,38)28-22-12-8-7-11-21(22)23(16-31-28)25-24(13-18-9-5-4-6-10-18)33-27(39-25)26(34)32-20-14-19(15-20)29(35)36/h7-8,11-12,16,18-20H,4-6,9-10,13-15,17H2,1-3H3,(H,32,34)(H,35,36). The van der Waals surface area contributed by atoms with E-state index in [1.54, 1.807) is 12.3 Å². The maximum absolute atomic E-state index is 13.4. The fraction of sp³-hybridized carbons (Fsp3) is 0.533. The third kappa shape index (κ3) is 6.22. The number of hydrogen-bond acceptors (Lipinski definition) is 7. The van der Waals surface area contributed by atoms with Gasteiger partial charge in [0.2, 0.25) is 0 Å². The number of aromatic nitrogens is 2. The summed E-state index contributed by atoms with van der Waals surface area (Å²) in [4.78, 5) is 34.5. The van der Waals surface area contributed by atoms with E-state index in [-0.39, 0.29) is 22.7 Å². The van der Waals surface area contributed by atoms with E-state index >= 15 is 0 Å². The van der Waals surface area contributed by atoms with Crippen molar-refractivity contribution in [3.8, 4) is 10.4 Å². The largest absolute Gasteiger partial charge is 0.481 e. The van der Waals surface area contributed by atoms with Gasteiger partial charge in [-0.1, -0.05) is 77.1 Å². The summed E-state index contributed by atoms with van der Waals surface area (Å²) in [6, 6.07) is 7.25. The van der Waals surface area contributed by atoms with E-state index in [4.69, 9.17) is 10.1 Å². The first kappa shape index (κ1) is 28.7. The van der Waals surface area contributed by atoms with Crippen LogP contribution >= 0.6 is 11.3 Å². The number of amides is 1. The highest BCUT2D eigenvalue weighted by atomic mass is 32.2. The second-order valence-corrected chi connectivity index (χ2v) is 15.4. The Morgan fingerprint density at radius 2 is 1.75 bits per heavy atom. The van der Waals surface area contributed by atoms with Crippen LogP contribution in [0, 0.1) is 17.3 Å². The molecule has 2 saturated carbocycles. The van der Waals surface area contributed by atoms with Gasteiger partial charge >= 0.3 is 5.97 Å². The first-order chi connectivity index (χ1) is 18.9. The topological polar surface area (TPSA) is 126 Å². The van der Waals surface area contributed by atoms with Crippen LogP contribution in [0.15, 0.2) is 35.5 Å². The number of benzene rings is 1. The average Bonchev–Trinajstić information content (AvgIpc) is 3.27. The zero-order valence-corrected chi connectivity index (χ0v) is 24.9. The van der Waals surface area contributed by atoms with E-state index in [0.29, 0.717) is 29.2 Å². The van der Waals surface area contributed by atoms with Gasteiger partial charge in [0.15, 0.2) is 19.9 Å². The Morgan fingerprint density at radius 3 is 2.40 bits per heavy atom. The van der Waals surface area contributed by atoms with Gasteiger partial charge in [-0.15, -0.1) is 11.3 Å². The van der Waals surface area contributed by atoms with Crippen LogP contribution in [-0.2, 0) is 21.1 Å². The lowest BCUT2D eigenvalue weighted by Crippen LogP contribution is -2.46. The number of hydrogen-bond donors (Lipinski definition) is 2. The van der Waals surface area contributed by atoms with E-state index in [2.05, 4.69) is 10.3 Å². The molecular weight excluding hydrogens is 546 g/mol. The molecular formula is C30H37N3O5S2. The summed E-state index contributed by atoms with van der Waals surface area (Å²) < 4.78 is 26.7. The van der Waals surface area contributed by atoms with Crippen molar-refractivity contribution in [2.24, 2.45) is 17.3 Å². The van der Waals surface area contributed by atoms with E-state index in [1.807, 2.05) is 39.0 Å². The predicted molar refractivity (Wildman–Crippen MR) is 156 cm³/mol. The second kappa shape index (κ2) is 11.2. The number of aliphatic carboxylic acids is 1. The molecule has 2 aliphatic rings. The molecule has 2 fully saturated rings. The number of carbonyl (C=O) groups excluding carboxylic acids is 1. The van der Waals surface area contributed by atoms with Crippen LogP contribution in [0.5, 0.6) is 0 Å². The maximum atomic E-state index is 13.4. The average molecular weight is 584 g/mol. The highest BCUT2D eigenvalue weighted by molar-refractivity contribution is 7.91. The molecule has 3 aromatic rings. The number of nitrogens with one attached hydrogen (secondary N) is 1. The number of thiazole rings is 1. The van der Waals surface area contributed by atoms with Crippen LogP contribution < -0.4 is 5.32 Å². The van der Waals surface area contributed by atoms with Crippen molar-refractivity contribution in [1.82, 2.24) is 15.3 Å². The molecule has 0 radical (unpaired) electrons. The number of carboxylic acids is 1. The van der Waals surface area contributed by atoms with Crippen molar-refractivity contribution in [1.29, 1.82) is 0 Å². The smallest absolute Gasteiger partial charge is 0.306 e. The summed E-state index contributed by atoms with van der Waals surface area (Å²) in [5.74, 6) is -1.07. The minimum Gasteiger partial charge on any atom is -0.481 e. The number of carbonyl (C=O) groups is 2. The van der Waals surface area contributed by atoms with Crippen LogP contribution in [0.25, 0.3) is 21.2 Å². The third-order valence-corrected chi connectivity index (χ3v) is 11.1. The van der Waals surface area contributed by atoms with Crippen molar-refractivity contribution in [3.05, 3.63) is 41.2 Å². The molecule has 0 atom stereocenters. The number of nitrogens with zero attached hydrogens (tertiary/aromatic N) is 2.